The van der Waals surface area contributed by atoms with Crippen LogP contribution in [0.2, 0.25) is 0 Å². The van der Waals surface area contributed by atoms with Gasteiger partial charge in [0, 0.05) is 5.69 Å². The summed E-state index contributed by atoms with van der Waals surface area (Å²) < 4.78 is 0. The minimum absolute atomic E-state index is 0.709. The standard InChI is InChI=1S/C9H9NO/c11-6-10-9-4-3-7-1-2-8(7)5-9/h3-6H,1-2H2,(H,10,11). The molecule has 56 valence electrons. The summed E-state index contributed by atoms with van der Waals surface area (Å²) in [5.74, 6) is 0. The van der Waals surface area contributed by atoms with Crippen molar-refractivity contribution in [2.75, 3.05) is 5.32 Å². The molecule has 1 N–H and O–H groups in total. The maximum absolute atomic E-state index is 10.1. The second-order valence-corrected chi connectivity index (χ2v) is 2.75. The topological polar surface area (TPSA) is 29.1 Å². The van der Waals surface area contributed by atoms with Crippen LogP contribution in [0, 0.1) is 0 Å². The molecule has 2 rings (SSSR count). The summed E-state index contributed by atoms with van der Waals surface area (Å²) in [4.78, 5) is 10.1. The van der Waals surface area contributed by atoms with Crippen molar-refractivity contribution >= 4 is 12.1 Å². The molecule has 0 unspecified atom stereocenters. The zero-order chi connectivity index (χ0) is 7.68. The summed E-state index contributed by atoms with van der Waals surface area (Å²) in [7, 11) is 0. The first-order chi connectivity index (χ1) is 5.40. The van der Waals surface area contributed by atoms with Gasteiger partial charge in [-0.3, -0.25) is 4.79 Å². The summed E-state index contributed by atoms with van der Waals surface area (Å²) in [6, 6.07) is 6.05. The van der Waals surface area contributed by atoms with Crippen molar-refractivity contribution in [1.29, 1.82) is 0 Å². The molecule has 1 aromatic rings. The average Bonchev–Trinajstić information content (AvgIpc) is 1.96. The number of fused-ring (bicyclic) bond motifs is 1. The number of nitrogens with one attached hydrogen (secondary N) is 1. The number of aryl methyl sites for hydroxylation is 2. The summed E-state index contributed by atoms with van der Waals surface area (Å²) in [6.45, 7) is 0. The van der Waals surface area contributed by atoms with Crippen molar-refractivity contribution in [3.05, 3.63) is 29.3 Å². The number of rotatable bonds is 2. The Hall–Kier alpha value is -1.31. The van der Waals surface area contributed by atoms with E-state index in [1.54, 1.807) is 0 Å². The third kappa shape index (κ3) is 1.00. The first-order valence-corrected chi connectivity index (χ1v) is 3.72. The molecule has 1 aliphatic rings. The number of amides is 1. The maximum Gasteiger partial charge on any atom is 0.211 e. The fourth-order valence-corrected chi connectivity index (χ4v) is 1.35. The third-order valence-corrected chi connectivity index (χ3v) is 2.10. The SMILES string of the molecule is O=CNc1ccc2c(c1)CC2. The van der Waals surface area contributed by atoms with Crippen molar-refractivity contribution < 1.29 is 4.79 Å². The molecule has 0 aromatic heterocycles. The second kappa shape index (κ2) is 2.38. The van der Waals surface area contributed by atoms with Gasteiger partial charge in [0.15, 0.2) is 0 Å². The summed E-state index contributed by atoms with van der Waals surface area (Å²) in [5, 5.41) is 2.63. The van der Waals surface area contributed by atoms with Gasteiger partial charge in [-0.2, -0.15) is 0 Å². The molecule has 0 bridgehead atoms. The minimum atomic E-state index is 0.709. The molecule has 1 amide bonds. The molecule has 0 saturated carbocycles. The van der Waals surface area contributed by atoms with Gasteiger partial charge < -0.3 is 5.32 Å². The van der Waals surface area contributed by atoms with E-state index in [9.17, 15) is 4.79 Å². The number of carbonyl (C=O) groups excluding carboxylic acids is 1. The lowest BCUT2D eigenvalue weighted by Crippen LogP contribution is -2.08. The smallest absolute Gasteiger partial charge is 0.211 e. The molecule has 0 saturated heterocycles. The van der Waals surface area contributed by atoms with Crippen LogP contribution in [0.1, 0.15) is 11.1 Å². The van der Waals surface area contributed by atoms with Crippen molar-refractivity contribution in [2.24, 2.45) is 0 Å². The molecular formula is C9H9NO. The van der Waals surface area contributed by atoms with Crippen molar-refractivity contribution in [1.82, 2.24) is 0 Å². The number of anilines is 1. The number of carbonyl (C=O) groups is 1. The van der Waals surface area contributed by atoms with Crippen LogP contribution in [0.25, 0.3) is 0 Å². The molecule has 11 heavy (non-hydrogen) atoms. The van der Waals surface area contributed by atoms with E-state index in [2.05, 4.69) is 11.4 Å². The van der Waals surface area contributed by atoms with Crippen molar-refractivity contribution in [3.8, 4) is 0 Å². The Morgan fingerprint density at radius 3 is 2.64 bits per heavy atom. The molecule has 0 atom stereocenters. The fourth-order valence-electron chi connectivity index (χ4n) is 1.35. The number of benzene rings is 1. The van der Waals surface area contributed by atoms with E-state index in [0.29, 0.717) is 6.41 Å². The summed E-state index contributed by atoms with van der Waals surface area (Å²) in [5.41, 5.74) is 3.69. The monoisotopic (exact) mass is 147 g/mol. The normalized spacial score (nSPS) is 13.1. The molecule has 0 aliphatic heterocycles. The zero-order valence-corrected chi connectivity index (χ0v) is 6.13. The Kier molecular flexibility index (Phi) is 1.39. The van der Waals surface area contributed by atoms with Crippen molar-refractivity contribution in [3.63, 3.8) is 0 Å². The number of hydrogen-bond donors (Lipinski definition) is 1. The van der Waals surface area contributed by atoms with E-state index in [1.165, 1.54) is 17.5 Å². The van der Waals surface area contributed by atoms with Gasteiger partial charge in [0.25, 0.3) is 0 Å². The van der Waals surface area contributed by atoms with Gasteiger partial charge in [-0.05, 0) is 36.1 Å². The molecule has 0 radical (unpaired) electrons. The van der Waals surface area contributed by atoms with Crippen LogP contribution in [0.4, 0.5) is 5.69 Å². The number of hydrogen-bond acceptors (Lipinski definition) is 1. The Labute approximate surface area is 65.2 Å². The van der Waals surface area contributed by atoms with Crippen LogP contribution in [0.15, 0.2) is 18.2 Å². The van der Waals surface area contributed by atoms with Crippen LogP contribution < -0.4 is 5.32 Å². The highest BCUT2D eigenvalue weighted by atomic mass is 16.1. The van der Waals surface area contributed by atoms with Gasteiger partial charge in [0.2, 0.25) is 6.41 Å². The minimum Gasteiger partial charge on any atom is -0.329 e. The van der Waals surface area contributed by atoms with Gasteiger partial charge in [-0.15, -0.1) is 0 Å². The molecule has 0 spiro atoms. The summed E-state index contributed by atoms with van der Waals surface area (Å²) >= 11 is 0. The Morgan fingerprint density at radius 1 is 1.27 bits per heavy atom. The lowest BCUT2D eigenvalue weighted by Gasteiger charge is -2.18. The molecular weight excluding hydrogens is 138 g/mol. The lowest BCUT2D eigenvalue weighted by atomic mass is 9.88. The van der Waals surface area contributed by atoms with Crippen LogP contribution >= 0.6 is 0 Å². The quantitative estimate of drug-likeness (QED) is 0.628. The Bertz CT molecular complexity index is 294. The molecule has 2 heteroatoms. The lowest BCUT2D eigenvalue weighted by molar-refractivity contribution is -0.105. The maximum atomic E-state index is 10.1. The van der Waals surface area contributed by atoms with Gasteiger partial charge in [-0.1, -0.05) is 6.07 Å². The van der Waals surface area contributed by atoms with E-state index in [4.69, 9.17) is 0 Å². The molecule has 2 nitrogen and oxygen atoms in total. The van der Waals surface area contributed by atoms with Crippen LogP contribution in [0.3, 0.4) is 0 Å². The van der Waals surface area contributed by atoms with Crippen LogP contribution in [-0.4, -0.2) is 6.41 Å². The molecule has 0 heterocycles. The van der Waals surface area contributed by atoms with Gasteiger partial charge in [-0.25, -0.2) is 0 Å². The third-order valence-electron chi connectivity index (χ3n) is 2.10. The average molecular weight is 147 g/mol. The largest absolute Gasteiger partial charge is 0.329 e. The van der Waals surface area contributed by atoms with E-state index in [0.717, 1.165) is 12.1 Å². The highest BCUT2D eigenvalue weighted by molar-refractivity contribution is 5.72. The van der Waals surface area contributed by atoms with E-state index < -0.39 is 0 Å². The van der Waals surface area contributed by atoms with Crippen LogP contribution in [0.5, 0.6) is 0 Å². The highest BCUT2D eigenvalue weighted by Gasteiger charge is 2.11. The first-order valence-electron chi connectivity index (χ1n) is 3.72. The Morgan fingerprint density at radius 2 is 2.09 bits per heavy atom. The van der Waals surface area contributed by atoms with Gasteiger partial charge >= 0.3 is 0 Å². The van der Waals surface area contributed by atoms with E-state index in [1.807, 2.05) is 12.1 Å². The summed E-state index contributed by atoms with van der Waals surface area (Å²) in [6.07, 6.45) is 3.06. The molecule has 0 fully saturated rings. The van der Waals surface area contributed by atoms with Gasteiger partial charge in [0.1, 0.15) is 0 Å². The predicted molar refractivity (Wildman–Crippen MR) is 43.5 cm³/mol. The highest BCUT2D eigenvalue weighted by Crippen LogP contribution is 2.25. The first kappa shape index (κ1) is 6.40. The van der Waals surface area contributed by atoms with Crippen LogP contribution in [-0.2, 0) is 17.6 Å². The van der Waals surface area contributed by atoms with E-state index in [-0.39, 0.29) is 0 Å². The molecule has 1 aliphatic carbocycles. The zero-order valence-electron chi connectivity index (χ0n) is 6.13. The second-order valence-electron chi connectivity index (χ2n) is 2.75. The molecule has 1 aromatic carbocycles. The van der Waals surface area contributed by atoms with E-state index >= 15 is 0 Å². The fraction of sp³-hybridized carbons (Fsp3) is 0.222. The Balaban J connectivity index is 2.31. The van der Waals surface area contributed by atoms with Crippen molar-refractivity contribution in [2.45, 2.75) is 12.8 Å². The predicted octanol–water partition coefficient (Wildman–Crippen LogP) is 1.35. The van der Waals surface area contributed by atoms with Gasteiger partial charge in [0.05, 0.1) is 0 Å².